The molecular formula is C75H52N2. The second-order valence-electron chi connectivity index (χ2n) is 21.2. The van der Waals surface area contributed by atoms with Crippen LogP contribution in [0.3, 0.4) is 0 Å². The van der Waals surface area contributed by atoms with Gasteiger partial charge in [0.05, 0.1) is 0 Å². The number of hydrogen-bond acceptors (Lipinski definition) is 2. The second-order valence-corrected chi connectivity index (χ2v) is 21.2. The van der Waals surface area contributed by atoms with Crippen molar-refractivity contribution in [3.63, 3.8) is 0 Å². The number of para-hydroxylation sites is 2. The predicted octanol–water partition coefficient (Wildman–Crippen LogP) is 21.2. The molecule has 0 saturated carbocycles. The van der Waals surface area contributed by atoms with Gasteiger partial charge in [-0.05, 0) is 194 Å². The number of nitrogens with zero attached hydrogens (tertiary/aromatic N) is 2. The molecule has 2 nitrogen and oxygen atoms in total. The topological polar surface area (TPSA) is 6.48 Å². The molecule has 0 aromatic heterocycles. The van der Waals surface area contributed by atoms with Gasteiger partial charge in [-0.3, -0.25) is 0 Å². The second kappa shape index (κ2) is 17.7. The van der Waals surface area contributed by atoms with Gasteiger partial charge in [-0.2, -0.15) is 0 Å². The normalized spacial score (nSPS) is 12.6. The maximum atomic E-state index is 2.58. The molecule has 14 aromatic rings. The highest BCUT2D eigenvalue weighted by molar-refractivity contribution is 6.26. The minimum Gasteiger partial charge on any atom is -0.310 e. The van der Waals surface area contributed by atoms with Gasteiger partial charge in [0.2, 0.25) is 0 Å². The molecular weight excluding hydrogens is 929 g/mol. The van der Waals surface area contributed by atoms with Crippen molar-refractivity contribution in [2.75, 3.05) is 9.80 Å². The predicted molar refractivity (Wildman–Crippen MR) is 329 cm³/mol. The van der Waals surface area contributed by atoms with Gasteiger partial charge < -0.3 is 9.80 Å². The Kier molecular flexibility index (Phi) is 10.3. The highest BCUT2D eigenvalue weighted by atomic mass is 15.1. The SMILES string of the molecule is CC1(C)c2cc(N(c3ccccc3)c3ccc4ccccc4c3)ccc2-c2cc3c(-c4cccc5ccccc45)c4cc(N(c5ccccc5)c5ccc6ccccc6c5)ccc4c(-c4cccc5ccccc45)c3cc21. The van der Waals surface area contributed by atoms with Crippen molar-refractivity contribution in [2.24, 2.45) is 0 Å². The van der Waals surface area contributed by atoms with Crippen LogP contribution in [0.1, 0.15) is 25.0 Å². The van der Waals surface area contributed by atoms with E-state index >= 15 is 0 Å². The Labute approximate surface area is 449 Å². The van der Waals surface area contributed by atoms with Gasteiger partial charge in [-0.15, -0.1) is 0 Å². The summed E-state index contributed by atoms with van der Waals surface area (Å²) in [6.45, 7) is 4.86. The average molecular weight is 981 g/mol. The van der Waals surface area contributed by atoms with Crippen LogP contribution in [-0.4, -0.2) is 0 Å². The van der Waals surface area contributed by atoms with Gasteiger partial charge in [-0.25, -0.2) is 0 Å². The Bertz CT molecular complexity index is 4660. The molecule has 0 amide bonds. The van der Waals surface area contributed by atoms with E-state index < -0.39 is 0 Å². The first-order chi connectivity index (χ1) is 37.9. The summed E-state index contributed by atoms with van der Waals surface area (Å²) in [5.74, 6) is 0. The lowest BCUT2D eigenvalue weighted by Crippen LogP contribution is -2.16. The van der Waals surface area contributed by atoms with E-state index in [4.69, 9.17) is 0 Å². The van der Waals surface area contributed by atoms with Crippen LogP contribution in [0.4, 0.5) is 34.1 Å². The summed E-state index contributed by atoms with van der Waals surface area (Å²) in [5, 5.41) is 14.7. The van der Waals surface area contributed by atoms with Crippen molar-refractivity contribution < 1.29 is 0 Å². The van der Waals surface area contributed by atoms with Crippen LogP contribution < -0.4 is 9.80 Å². The third-order valence-corrected chi connectivity index (χ3v) is 16.5. The van der Waals surface area contributed by atoms with Crippen molar-refractivity contribution in [3.05, 3.63) is 290 Å². The summed E-state index contributed by atoms with van der Waals surface area (Å²) in [6, 6.07) is 104. The maximum Gasteiger partial charge on any atom is 0.0468 e. The quantitative estimate of drug-likeness (QED) is 0.140. The standard InChI is InChI=1S/C75H52N2/c1-75(2)71-46-60(77(56-29-7-4-8-30-56)58-38-36-50-20-10-12-24-54(50)44-58)39-41-63(71)67-47-69-70(48-72(67)75)73(64-33-17-25-51-21-13-15-31-61(51)64)66-42-40-59(45-68(66)74(69)65-34-18-26-52-22-14-16-32-62(52)65)76(55-27-5-3-6-28-55)57-37-35-49-19-9-11-23-53(49)43-57/h3-48H,1-2H3. The number of anilines is 6. The van der Waals surface area contributed by atoms with Crippen LogP contribution >= 0.6 is 0 Å². The van der Waals surface area contributed by atoms with Crippen molar-refractivity contribution in [3.8, 4) is 33.4 Å². The van der Waals surface area contributed by atoms with Crippen LogP contribution in [0.15, 0.2) is 279 Å². The summed E-state index contributed by atoms with van der Waals surface area (Å²) in [5.41, 5.74) is 16.5. The lowest BCUT2D eigenvalue weighted by Gasteiger charge is -2.28. The van der Waals surface area contributed by atoms with Gasteiger partial charge in [0.15, 0.2) is 0 Å². The molecule has 0 bridgehead atoms. The summed E-state index contributed by atoms with van der Waals surface area (Å²) >= 11 is 0. The van der Waals surface area contributed by atoms with Gasteiger partial charge in [-0.1, -0.05) is 208 Å². The van der Waals surface area contributed by atoms with Crippen LogP contribution in [0.2, 0.25) is 0 Å². The van der Waals surface area contributed by atoms with E-state index in [0.717, 1.165) is 34.1 Å². The van der Waals surface area contributed by atoms with Crippen LogP contribution in [0, 0.1) is 0 Å². The van der Waals surface area contributed by atoms with E-state index in [-0.39, 0.29) is 5.41 Å². The molecule has 15 rings (SSSR count). The highest BCUT2D eigenvalue weighted by Gasteiger charge is 2.38. The van der Waals surface area contributed by atoms with Crippen LogP contribution in [0.5, 0.6) is 0 Å². The summed E-state index contributed by atoms with van der Waals surface area (Å²) in [4.78, 5) is 4.84. The zero-order chi connectivity index (χ0) is 51.2. The van der Waals surface area contributed by atoms with Crippen molar-refractivity contribution in [1.82, 2.24) is 0 Å². The summed E-state index contributed by atoms with van der Waals surface area (Å²) in [6.07, 6.45) is 0. The van der Waals surface area contributed by atoms with Crippen LogP contribution in [-0.2, 0) is 5.41 Å². The molecule has 0 aliphatic heterocycles. The van der Waals surface area contributed by atoms with E-state index in [9.17, 15) is 0 Å². The lowest BCUT2D eigenvalue weighted by molar-refractivity contribution is 0.661. The molecule has 0 radical (unpaired) electrons. The van der Waals surface area contributed by atoms with Gasteiger partial charge in [0, 0.05) is 39.5 Å². The van der Waals surface area contributed by atoms with Crippen molar-refractivity contribution in [2.45, 2.75) is 19.3 Å². The highest BCUT2D eigenvalue weighted by Crippen LogP contribution is 2.56. The molecule has 0 unspecified atom stereocenters. The molecule has 0 heterocycles. The fourth-order valence-electron chi connectivity index (χ4n) is 12.9. The number of fused-ring (bicyclic) bond motifs is 9. The first-order valence-corrected chi connectivity index (χ1v) is 26.8. The first kappa shape index (κ1) is 44.7. The fraction of sp³-hybridized carbons (Fsp3) is 0.0400. The first-order valence-electron chi connectivity index (χ1n) is 26.8. The maximum absolute atomic E-state index is 2.58. The largest absolute Gasteiger partial charge is 0.310 e. The van der Waals surface area contributed by atoms with E-state index in [0.29, 0.717) is 0 Å². The molecule has 77 heavy (non-hydrogen) atoms. The minimum absolute atomic E-state index is 0.328. The van der Waals surface area contributed by atoms with E-state index in [2.05, 4.69) is 303 Å². The molecule has 14 aromatic carbocycles. The Morgan fingerprint density at radius 1 is 0.221 bits per heavy atom. The molecule has 0 spiro atoms. The molecule has 1 aliphatic rings. The monoisotopic (exact) mass is 980 g/mol. The number of hydrogen-bond donors (Lipinski definition) is 0. The van der Waals surface area contributed by atoms with Gasteiger partial charge >= 0.3 is 0 Å². The Morgan fingerprint density at radius 2 is 0.623 bits per heavy atom. The van der Waals surface area contributed by atoms with Crippen LogP contribution in [0.25, 0.3) is 98.0 Å². The molecule has 0 atom stereocenters. The zero-order valence-corrected chi connectivity index (χ0v) is 43.0. The van der Waals surface area contributed by atoms with E-state index in [1.165, 1.54) is 109 Å². The van der Waals surface area contributed by atoms with Gasteiger partial charge in [0.25, 0.3) is 0 Å². The zero-order valence-electron chi connectivity index (χ0n) is 43.0. The Morgan fingerprint density at radius 3 is 1.19 bits per heavy atom. The minimum atomic E-state index is -0.328. The van der Waals surface area contributed by atoms with Crippen molar-refractivity contribution in [1.29, 1.82) is 0 Å². The number of rotatable bonds is 8. The summed E-state index contributed by atoms with van der Waals surface area (Å²) in [7, 11) is 0. The third kappa shape index (κ3) is 7.25. The molecule has 0 fully saturated rings. The van der Waals surface area contributed by atoms with Gasteiger partial charge in [0.1, 0.15) is 0 Å². The Hall–Kier alpha value is -9.76. The smallest absolute Gasteiger partial charge is 0.0468 e. The molecule has 2 heteroatoms. The average Bonchev–Trinajstić information content (AvgIpc) is 3.80. The molecule has 0 saturated heterocycles. The molecule has 362 valence electrons. The fourth-order valence-corrected chi connectivity index (χ4v) is 12.9. The number of benzene rings is 14. The van der Waals surface area contributed by atoms with Crippen molar-refractivity contribution >= 4 is 98.8 Å². The summed E-state index contributed by atoms with van der Waals surface area (Å²) < 4.78 is 0. The Balaban J connectivity index is 1.03. The molecule has 0 N–H and O–H groups in total. The molecule has 1 aliphatic carbocycles. The third-order valence-electron chi connectivity index (χ3n) is 16.5. The van der Waals surface area contributed by atoms with E-state index in [1.54, 1.807) is 0 Å². The lowest BCUT2D eigenvalue weighted by atomic mass is 9.78. The van der Waals surface area contributed by atoms with E-state index in [1.807, 2.05) is 0 Å².